The number of anilines is 1. The minimum Gasteiger partial charge on any atom is -0.352 e. The average Bonchev–Trinajstić information content (AvgIpc) is 3.27. The van der Waals surface area contributed by atoms with Crippen LogP contribution >= 0.6 is 0 Å². The quantitative estimate of drug-likeness (QED) is 0.744. The van der Waals surface area contributed by atoms with Gasteiger partial charge in [-0.25, -0.2) is 0 Å². The Morgan fingerprint density at radius 2 is 1.62 bits per heavy atom. The number of carbonyl (C=O) groups excluding carboxylic acids is 4. The van der Waals surface area contributed by atoms with Crippen molar-refractivity contribution in [1.29, 1.82) is 0 Å². The zero-order valence-corrected chi connectivity index (χ0v) is 16.6. The molecule has 2 heterocycles. The van der Waals surface area contributed by atoms with Gasteiger partial charge in [0.15, 0.2) is 0 Å². The van der Waals surface area contributed by atoms with Crippen LogP contribution in [0.5, 0.6) is 0 Å². The van der Waals surface area contributed by atoms with E-state index in [1.807, 2.05) is 24.3 Å². The molecule has 1 N–H and O–H groups in total. The Hall–Kier alpha value is -2.70. The molecule has 2 saturated heterocycles. The molecule has 0 radical (unpaired) electrons. The van der Waals surface area contributed by atoms with Crippen LogP contribution in [0.2, 0.25) is 0 Å². The van der Waals surface area contributed by atoms with Gasteiger partial charge in [-0.3, -0.25) is 24.1 Å². The minimum absolute atomic E-state index is 0.0976. The SMILES string of the molecule is O=C(CCN1C(=O)[C@H]2CCCC[C@@H]2C1=O)NCc1ccc(N2CCCC2=O)cc1. The zero-order chi connectivity index (χ0) is 20.4. The van der Waals surface area contributed by atoms with Crippen LogP contribution < -0.4 is 10.2 Å². The third-order valence-corrected chi connectivity index (χ3v) is 6.31. The molecular formula is C22H27N3O4. The fourth-order valence-electron chi connectivity index (χ4n) is 4.67. The fraction of sp³-hybridized carbons (Fsp3) is 0.545. The van der Waals surface area contributed by atoms with Gasteiger partial charge < -0.3 is 10.2 Å². The highest BCUT2D eigenvalue weighted by Gasteiger charge is 2.47. The Kier molecular flexibility index (Phi) is 5.65. The maximum atomic E-state index is 12.5. The standard InChI is InChI=1S/C22H27N3O4/c26-19(11-13-25-21(28)17-4-1-2-5-18(17)22(25)29)23-14-15-7-9-16(10-8-15)24-12-3-6-20(24)27/h7-10,17-18H,1-6,11-14H2,(H,23,26)/t17-,18-/m0/s1. The largest absolute Gasteiger partial charge is 0.352 e. The van der Waals surface area contributed by atoms with Gasteiger partial charge in [0.2, 0.25) is 23.6 Å². The number of likely N-dealkylation sites (tertiary alicyclic amines) is 1. The van der Waals surface area contributed by atoms with Gasteiger partial charge in [-0.2, -0.15) is 0 Å². The molecule has 1 aliphatic carbocycles. The molecule has 3 fully saturated rings. The molecule has 1 saturated carbocycles. The smallest absolute Gasteiger partial charge is 0.233 e. The van der Waals surface area contributed by atoms with Crippen molar-refractivity contribution in [2.75, 3.05) is 18.0 Å². The van der Waals surface area contributed by atoms with E-state index in [2.05, 4.69) is 5.32 Å². The lowest BCUT2D eigenvalue weighted by Gasteiger charge is -2.19. The number of rotatable bonds is 6. The van der Waals surface area contributed by atoms with Crippen LogP contribution in [0.15, 0.2) is 24.3 Å². The first-order valence-electron chi connectivity index (χ1n) is 10.6. The molecule has 2 aliphatic heterocycles. The molecule has 0 bridgehead atoms. The average molecular weight is 397 g/mol. The van der Waals surface area contributed by atoms with Crippen LogP contribution in [-0.2, 0) is 25.7 Å². The van der Waals surface area contributed by atoms with Crippen molar-refractivity contribution < 1.29 is 19.2 Å². The van der Waals surface area contributed by atoms with Gasteiger partial charge in [-0.1, -0.05) is 25.0 Å². The van der Waals surface area contributed by atoms with Gasteiger partial charge in [0.05, 0.1) is 11.8 Å². The summed E-state index contributed by atoms with van der Waals surface area (Å²) in [5, 5.41) is 2.84. The molecule has 2 atom stereocenters. The summed E-state index contributed by atoms with van der Waals surface area (Å²) in [6, 6.07) is 7.60. The fourth-order valence-corrected chi connectivity index (χ4v) is 4.67. The van der Waals surface area contributed by atoms with Crippen molar-refractivity contribution in [3.63, 3.8) is 0 Å². The predicted molar refractivity (Wildman–Crippen MR) is 107 cm³/mol. The van der Waals surface area contributed by atoms with E-state index in [1.165, 1.54) is 4.90 Å². The van der Waals surface area contributed by atoms with Gasteiger partial charge >= 0.3 is 0 Å². The predicted octanol–water partition coefficient (Wildman–Crippen LogP) is 1.99. The molecule has 29 heavy (non-hydrogen) atoms. The Bertz CT molecular complexity index is 796. The highest BCUT2D eigenvalue weighted by atomic mass is 16.2. The number of hydrogen-bond donors (Lipinski definition) is 1. The summed E-state index contributed by atoms with van der Waals surface area (Å²) in [6.45, 7) is 1.29. The maximum Gasteiger partial charge on any atom is 0.233 e. The van der Waals surface area contributed by atoms with Crippen molar-refractivity contribution >= 4 is 29.3 Å². The van der Waals surface area contributed by atoms with E-state index in [9.17, 15) is 19.2 Å². The van der Waals surface area contributed by atoms with E-state index in [1.54, 1.807) is 4.90 Å². The Morgan fingerprint density at radius 1 is 0.966 bits per heavy atom. The molecule has 1 aromatic carbocycles. The topological polar surface area (TPSA) is 86.8 Å². The molecule has 0 unspecified atom stereocenters. The first-order chi connectivity index (χ1) is 14.0. The molecule has 154 valence electrons. The zero-order valence-electron chi connectivity index (χ0n) is 16.6. The molecule has 0 aromatic heterocycles. The van der Waals surface area contributed by atoms with E-state index in [0.29, 0.717) is 13.0 Å². The third kappa shape index (κ3) is 4.04. The Morgan fingerprint density at radius 3 is 2.21 bits per heavy atom. The molecule has 4 amide bonds. The third-order valence-electron chi connectivity index (χ3n) is 6.31. The van der Waals surface area contributed by atoms with E-state index in [4.69, 9.17) is 0 Å². The molecule has 3 aliphatic rings. The van der Waals surface area contributed by atoms with Crippen molar-refractivity contribution in [2.24, 2.45) is 11.8 Å². The number of fused-ring (bicyclic) bond motifs is 1. The summed E-state index contributed by atoms with van der Waals surface area (Å²) >= 11 is 0. The molecule has 7 nitrogen and oxygen atoms in total. The highest BCUT2D eigenvalue weighted by Crippen LogP contribution is 2.37. The minimum atomic E-state index is -0.181. The van der Waals surface area contributed by atoms with Crippen molar-refractivity contribution in [3.8, 4) is 0 Å². The normalized spacial score (nSPS) is 24.2. The summed E-state index contributed by atoms with van der Waals surface area (Å²) in [5.41, 5.74) is 1.82. The maximum absolute atomic E-state index is 12.5. The Balaban J connectivity index is 1.24. The Labute approximate surface area is 170 Å². The van der Waals surface area contributed by atoms with E-state index in [-0.39, 0.29) is 48.4 Å². The molecule has 1 aromatic rings. The monoisotopic (exact) mass is 397 g/mol. The van der Waals surface area contributed by atoms with E-state index < -0.39 is 0 Å². The second kappa shape index (κ2) is 8.35. The second-order valence-corrected chi connectivity index (χ2v) is 8.17. The van der Waals surface area contributed by atoms with Crippen molar-refractivity contribution in [3.05, 3.63) is 29.8 Å². The lowest BCUT2D eigenvalue weighted by molar-refractivity contribution is -0.140. The second-order valence-electron chi connectivity index (χ2n) is 8.17. The number of nitrogens with one attached hydrogen (secondary N) is 1. The molecule has 0 spiro atoms. The number of carbonyl (C=O) groups is 4. The van der Waals surface area contributed by atoms with Gasteiger partial charge in [0.1, 0.15) is 0 Å². The molecular weight excluding hydrogens is 370 g/mol. The molecule has 4 rings (SSSR count). The first-order valence-corrected chi connectivity index (χ1v) is 10.6. The number of nitrogens with zero attached hydrogens (tertiary/aromatic N) is 2. The summed E-state index contributed by atoms with van der Waals surface area (Å²) < 4.78 is 0. The lowest BCUT2D eigenvalue weighted by atomic mass is 9.81. The summed E-state index contributed by atoms with van der Waals surface area (Å²) in [4.78, 5) is 52.0. The number of hydrogen-bond acceptors (Lipinski definition) is 4. The van der Waals surface area contributed by atoms with Crippen LogP contribution in [0.3, 0.4) is 0 Å². The van der Waals surface area contributed by atoms with Gasteiger partial charge in [0, 0.05) is 38.2 Å². The van der Waals surface area contributed by atoms with Gasteiger partial charge in [-0.05, 0) is 37.0 Å². The van der Waals surface area contributed by atoms with Crippen LogP contribution in [-0.4, -0.2) is 41.6 Å². The van der Waals surface area contributed by atoms with Crippen molar-refractivity contribution in [1.82, 2.24) is 10.2 Å². The van der Waals surface area contributed by atoms with Crippen molar-refractivity contribution in [2.45, 2.75) is 51.5 Å². The lowest BCUT2D eigenvalue weighted by Crippen LogP contribution is -2.35. The van der Waals surface area contributed by atoms with Crippen LogP contribution in [0, 0.1) is 11.8 Å². The highest BCUT2D eigenvalue weighted by molar-refractivity contribution is 6.05. The number of amides is 4. The summed E-state index contributed by atoms with van der Waals surface area (Å²) in [6.07, 6.45) is 5.19. The first kappa shape index (κ1) is 19.6. The van der Waals surface area contributed by atoms with Crippen LogP contribution in [0.4, 0.5) is 5.69 Å². The summed E-state index contributed by atoms with van der Waals surface area (Å²) in [5.74, 6) is -0.559. The van der Waals surface area contributed by atoms with Gasteiger partial charge in [0.25, 0.3) is 0 Å². The summed E-state index contributed by atoms with van der Waals surface area (Å²) in [7, 11) is 0. The van der Waals surface area contributed by atoms with Crippen LogP contribution in [0.1, 0.15) is 50.5 Å². The number of benzene rings is 1. The number of imide groups is 1. The van der Waals surface area contributed by atoms with E-state index in [0.717, 1.165) is 49.9 Å². The van der Waals surface area contributed by atoms with E-state index >= 15 is 0 Å². The van der Waals surface area contributed by atoms with Gasteiger partial charge in [-0.15, -0.1) is 0 Å². The molecule has 7 heteroatoms. The van der Waals surface area contributed by atoms with Crippen LogP contribution in [0.25, 0.3) is 0 Å².